The Morgan fingerprint density at radius 2 is 1.94 bits per heavy atom. The van der Waals surface area contributed by atoms with Crippen LogP contribution in [0.15, 0.2) is 40.9 Å². The number of likely N-dealkylation sites (N-methyl/N-ethyl adjacent to an activating group) is 1. The number of aliphatic hydroxyl groups is 3. The predicted molar refractivity (Wildman–Crippen MR) is 118 cm³/mol. The quantitative estimate of drug-likeness (QED) is 0.316. The van der Waals surface area contributed by atoms with Gasteiger partial charge in [0.15, 0.2) is 11.4 Å². The number of aromatic hydroxyl groups is 1. The maximum Gasteiger partial charge on any atom is 0.255 e. The molecule has 0 fully saturated rings. The third kappa shape index (κ3) is 2.98. The molecule has 0 saturated carbocycles. The smallest absolute Gasteiger partial charge is 0.255 e. The maximum absolute atomic E-state index is 13.5. The second-order valence-corrected chi connectivity index (χ2v) is 8.95. The highest BCUT2D eigenvalue weighted by Crippen LogP contribution is 2.52. The van der Waals surface area contributed by atoms with Gasteiger partial charge in [0.2, 0.25) is 5.78 Å². The number of nitriles is 1. The zero-order valence-corrected chi connectivity index (χ0v) is 18.4. The van der Waals surface area contributed by atoms with Gasteiger partial charge in [-0.1, -0.05) is 6.07 Å². The minimum Gasteiger partial charge on any atom is -0.510 e. The lowest BCUT2D eigenvalue weighted by atomic mass is 9.58. The average Bonchev–Trinajstić information content (AvgIpc) is 2.75. The van der Waals surface area contributed by atoms with Gasteiger partial charge < -0.3 is 26.2 Å². The Labute approximate surface area is 194 Å². The van der Waals surface area contributed by atoms with Crippen molar-refractivity contribution >= 4 is 23.5 Å². The summed E-state index contributed by atoms with van der Waals surface area (Å²) in [6, 6.07) is 3.67. The van der Waals surface area contributed by atoms with Crippen molar-refractivity contribution in [3.63, 3.8) is 0 Å². The number of benzene rings is 1. The van der Waals surface area contributed by atoms with Crippen LogP contribution in [0.2, 0.25) is 0 Å². The van der Waals surface area contributed by atoms with Gasteiger partial charge in [0.05, 0.1) is 17.7 Å². The van der Waals surface area contributed by atoms with Crippen molar-refractivity contribution < 1.29 is 34.8 Å². The van der Waals surface area contributed by atoms with Gasteiger partial charge in [0, 0.05) is 17.6 Å². The first kappa shape index (κ1) is 23.2. The average molecular weight is 465 g/mol. The summed E-state index contributed by atoms with van der Waals surface area (Å²) < 4.78 is 0. The van der Waals surface area contributed by atoms with Gasteiger partial charge in [-0.3, -0.25) is 19.3 Å². The second kappa shape index (κ2) is 7.83. The third-order valence-corrected chi connectivity index (χ3v) is 6.98. The normalized spacial score (nSPS) is 28.6. The fourth-order valence-electron chi connectivity index (χ4n) is 5.56. The van der Waals surface area contributed by atoms with Crippen LogP contribution in [-0.2, 0) is 16.0 Å². The molecule has 34 heavy (non-hydrogen) atoms. The minimum absolute atomic E-state index is 0.00280. The summed E-state index contributed by atoms with van der Waals surface area (Å²) in [4.78, 5) is 40.1. The summed E-state index contributed by atoms with van der Waals surface area (Å²) >= 11 is 0. The molecule has 3 aliphatic carbocycles. The second-order valence-electron chi connectivity index (χ2n) is 8.95. The summed E-state index contributed by atoms with van der Waals surface area (Å²) in [6.07, 6.45) is 2.90. The molecule has 4 rings (SSSR count). The number of carbonyl (C=O) groups is 3. The van der Waals surface area contributed by atoms with Gasteiger partial charge in [-0.25, -0.2) is 0 Å². The van der Waals surface area contributed by atoms with E-state index in [1.54, 1.807) is 20.2 Å². The molecule has 10 nitrogen and oxygen atoms in total. The van der Waals surface area contributed by atoms with Crippen molar-refractivity contribution in [2.24, 2.45) is 17.6 Å². The van der Waals surface area contributed by atoms with E-state index in [4.69, 9.17) is 11.0 Å². The Hall–Kier alpha value is -3.94. The van der Waals surface area contributed by atoms with Crippen LogP contribution in [0.1, 0.15) is 27.9 Å². The minimum atomic E-state index is -2.67. The van der Waals surface area contributed by atoms with E-state index in [2.05, 4.69) is 0 Å². The highest BCUT2D eigenvalue weighted by molar-refractivity contribution is 6.24. The molecule has 0 saturated heterocycles. The standard InChI is InChI=1S/C24H23N3O7/c1-27(2)18-13-9-11-8-12-10(4-3-7-25)5-6-14(28)16(12)19(29)15(11)21(31)24(13,34)22(32)17(20(18)30)23(26)33/h3-6,11,13,18,28,30-31,34H,8-9H2,1-2H3,(H2,26,33)/b4-3+/t11-,13-,18-,24-/m0/s1. The van der Waals surface area contributed by atoms with Gasteiger partial charge in [-0.15, -0.1) is 0 Å². The fraction of sp³-hybridized carbons (Fsp3) is 0.333. The molecular weight excluding hydrogens is 442 g/mol. The topological polar surface area (TPSA) is 185 Å². The summed E-state index contributed by atoms with van der Waals surface area (Å²) in [5, 5.41) is 52.8. The number of aliphatic hydroxyl groups excluding tert-OH is 2. The number of phenols is 1. The van der Waals surface area contributed by atoms with E-state index in [9.17, 15) is 34.8 Å². The number of ketones is 2. The fourth-order valence-corrected chi connectivity index (χ4v) is 5.56. The largest absolute Gasteiger partial charge is 0.510 e. The molecule has 3 aliphatic rings. The Morgan fingerprint density at radius 3 is 2.53 bits per heavy atom. The van der Waals surface area contributed by atoms with Crippen molar-refractivity contribution in [3.8, 4) is 11.8 Å². The van der Waals surface area contributed by atoms with E-state index in [0.29, 0.717) is 11.1 Å². The summed E-state index contributed by atoms with van der Waals surface area (Å²) in [6.45, 7) is 0. The molecule has 0 spiro atoms. The molecule has 1 aromatic rings. The first-order chi connectivity index (χ1) is 16.0. The number of rotatable bonds is 3. The number of amides is 1. The zero-order chi connectivity index (χ0) is 25.1. The SMILES string of the molecule is CN(C)[C@@H]1C(O)=C(C(N)=O)C(=O)[C@@]2(O)C(O)=C3C(=O)c4c(O)ccc(/C=C/C#N)c4C[C@H]3C[C@@H]12. The van der Waals surface area contributed by atoms with Crippen LogP contribution in [0.3, 0.4) is 0 Å². The van der Waals surface area contributed by atoms with Crippen molar-refractivity contribution in [2.75, 3.05) is 14.1 Å². The number of allylic oxidation sites excluding steroid dienone is 2. The number of nitrogens with zero attached hydrogens (tertiary/aromatic N) is 2. The summed E-state index contributed by atoms with van der Waals surface area (Å²) in [5.74, 6) is -6.95. The number of primary amides is 1. The van der Waals surface area contributed by atoms with Crippen LogP contribution in [0, 0.1) is 23.2 Å². The number of hydrogen-bond donors (Lipinski definition) is 5. The molecule has 0 unspecified atom stereocenters. The Kier molecular flexibility index (Phi) is 5.35. The number of nitrogens with two attached hydrogens (primary N) is 1. The van der Waals surface area contributed by atoms with Gasteiger partial charge >= 0.3 is 0 Å². The van der Waals surface area contributed by atoms with Crippen molar-refractivity contribution in [1.29, 1.82) is 5.26 Å². The van der Waals surface area contributed by atoms with Crippen LogP contribution in [0.5, 0.6) is 5.75 Å². The summed E-state index contributed by atoms with van der Waals surface area (Å²) in [7, 11) is 3.13. The Morgan fingerprint density at radius 1 is 1.26 bits per heavy atom. The van der Waals surface area contributed by atoms with Gasteiger partial charge in [0.25, 0.3) is 5.91 Å². The maximum atomic E-state index is 13.5. The van der Waals surface area contributed by atoms with Crippen LogP contribution < -0.4 is 5.73 Å². The molecule has 0 radical (unpaired) electrons. The van der Waals surface area contributed by atoms with E-state index < -0.39 is 58.0 Å². The van der Waals surface area contributed by atoms with E-state index in [-0.39, 0.29) is 29.7 Å². The number of phenolic OH excluding ortho intramolecular Hbond substituents is 1. The lowest BCUT2D eigenvalue weighted by Crippen LogP contribution is -2.63. The van der Waals surface area contributed by atoms with Crippen LogP contribution in [0.4, 0.5) is 0 Å². The highest BCUT2D eigenvalue weighted by Gasteiger charge is 2.63. The molecule has 176 valence electrons. The van der Waals surface area contributed by atoms with Gasteiger partial charge in [0.1, 0.15) is 22.8 Å². The number of fused-ring (bicyclic) bond motifs is 3. The lowest BCUT2D eigenvalue weighted by molar-refractivity contribution is -0.148. The molecule has 0 aromatic heterocycles. The van der Waals surface area contributed by atoms with Gasteiger partial charge in [-0.05, 0) is 56.1 Å². The monoisotopic (exact) mass is 465 g/mol. The molecule has 4 atom stereocenters. The Bertz CT molecular complexity index is 1280. The van der Waals surface area contributed by atoms with E-state index in [0.717, 1.165) is 0 Å². The summed E-state index contributed by atoms with van der Waals surface area (Å²) in [5.41, 5.74) is 2.46. The predicted octanol–water partition coefficient (Wildman–Crippen LogP) is 0.657. The molecule has 0 aliphatic heterocycles. The lowest BCUT2D eigenvalue weighted by Gasteiger charge is -2.50. The molecular formula is C24H23N3O7. The van der Waals surface area contributed by atoms with Crippen molar-refractivity contribution in [3.05, 3.63) is 57.6 Å². The highest BCUT2D eigenvalue weighted by atomic mass is 16.3. The van der Waals surface area contributed by atoms with Crippen LogP contribution in [-0.4, -0.2) is 68.5 Å². The molecule has 6 N–H and O–H groups in total. The molecule has 0 bridgehead atoms. The zero-order valence-electron chi connectivity index (χ0n) is 18.4. The Balaban J connectivity index is 1.97. The van der Waals surface area contributed by atoms with Crippen molar-refractivity contribution in [2.45, 2.75) is 24.5 Å². The van der Waals surface area contributed by atoms with E-state index in [1.807, 2.05) is 6.07 Å². The molecule has 0 heterocycles. The number of Topliss-reactive ketones (excluding diaryl/α,β-unsaturated/α-hetero) is 2. The van der Waals surface area contributed by atoms with Crippen molar-refractivity contribution in [1.82, 2.24) is 4.90 Å². The number of hydrogen-bond acceptors (Lipinski definition) is 9. The third-order valence-electron chi connectivity index (χ3n) is 6.98. The molecule has 1 amide bonds. The van der Waals surface area contributed by atoms with Gasteiger partial charge in [-0.2, -0.15) is 5.26 Å². The van der Waals surface area contributed by atoms with Crippen LogP contribution >= 0.6 is 0 Å². The first-order valence-electron chi connectivity index (χ1n) is 10.5. The van der Waals surface area contributed by atoms with E-state index in [1.165, 1.54) is 23.1 Å². The van der Waals surface area contributed by atoms with Crippen LogP contribution in [0.25, 0.3) is 6.08 Å². The molecule has 1 aromatic carbocycles. The number of carbonyl (C=O) groups excluding carboxylic acids is 3. The molecule has 10 heteroatoms. The van der Waals surface area contributed by atoms with E-state index >= 15 is 0 Å². The first-order valence-corrected chi connectivity index (χ1v) is 10.5.